The van der Waals surface area contributed by atoms with Crippen LogP contribution in [0.15, 0.2) is 42.7 Å². The number of thiocarbonyl (C=S) groups is 1. The standard InChI is InChI=1S/C14H14FN3S/c1-18(9-10-4-6-17-7-5-10)11-2-3-12(14(16)19)13(15)8-11/h2-8H,9H2,1H3,(H2,16,19). The Kier molecular flexibility index (Phi) is 4.06. The maximum Gasteiger partial charge on any atom is 0.135 e. The average molecular weight is 275 g/mol. The second-order valence-corrected chi connectivity index (χ2v) is 4.68. The van der Waals surface area contributed by atoms with E-state index in [4.69, 9.17) is 18.0 Å². The third kappa shape index (κ3) is 3.26. The van der Waals surface area contributed by atoms with Crippen molar-refractivity contribution in [3.05, 3.63) is 59.7 Å². The van der Waals surface area contributed by atoms with Crippen molar-refractivity contribution < 1.29 is 4.39 Å². The minimum absolute atomic E-state index is 0.0702. The van der Waals surface area contributed by atoms with Gasteiger partial charge in [0.25, 0.3) is 0 Å². The first-order valence-corrected chi connectivity index (χ1v) is 6.18. The van der Waals surface area contributed by atoms with Crippen LogP contribution in [0.5, 0.6) is 0 Å². The minimum Gasteiger partial charge on any atom is -0.389 e. The minimum atomic E-state index is -0.397. The summed E-state index contributed by atoms with van der Waals surface area (Å²) in [4.78, 5) is 5.98. The van der Waals surface area contributed by atoms with Gasteiger partial charge in [-0.05, 0) is 35.9 Å². The van der Waals surface area contributed by atoms with E-state index in [0.717, 1.165) is 11.3 Å². The number of benzene rings is 1. The molecule has 0 saturated heterocycles. The van der Waals surface area contributed by atoms with Gasteiger partial charge in [-0.3, -0.25) is 4.98 Å². The summed E-state index contributed by atoms with van der Waals surface area (Å²) >= 11 is 4.78. The zero-order valence-electron chi connectivity index (χ0n) is 10.5. The Balaban J connectivity index is 2.18. The summed E-state index contributed by atoms with van der Waals surface area (Å²) in [7, 11) is 1.90. The van der Waals surface area contributed by atoms with Crippen molar-refractivity contribution in [2.24, 2.45) is 5.73 Å². The van der Waals surface area contributed by atoms with Gasteiger partial charge in [-0.2, -0.15) is 0 Å². The number of halogens is 1. The molecule has 0 aliphatic heterocycles. The number of hydrogen-bond donors (Lipinski definition) is 1. The summed E-state index contributed by atoms with van der Waals surface area (Å²) in [6.07, 6.45) is 3.47. The van der Waals surface area contributed by atoms with Crippen LogP contribution in [0.4, 0.5) is 10.1 Å². The van der Waals surface area contributed by atoms with Crippen molar-refractivity contribution in [2.75, 3.05) is 11.9 Å². The highest BCUT2D eigenvalue weighted by Gasteiger charge is 2.08. The van der Waals surface area contributed by atoms with E-state index < -0.39 is 5.82 Å². The predicted octanol–water partition coefficient (Wildman–Crippen LogP) is 2.49. The van der Waals surface area contributed by atoms with E-state index in [1.807, 2.05) is 24.1 Å². The number of rotatable bonds is 4. The molecule has 0 aliphatic rings. The van der Waals surface area contributed by atoms with Gasteiger partial charge in [-0.15, -0.1) is 0 Å². The molecule has 2 N–H and O–H groups in total. The van der Waals surface area contributed by atoms with Gasteiger partial charge < -0.3 is 10.6 Å². The molecule has 0 bridgehead atoms. The summed E-state index contributed by atoms with van der Waals surface area (Å²) in [6.45, 7) is 0.675. The monoisotopic (exact) mass is 275 g/mol. The molecule has 2 rings (SSSR count). The van der Waals surface area contributed by atoms with Crippen molar-refractivity contribution in [3.63, 3.8) is 0 Å². The number of nitrogens with zero attached hydrogens (tertiary/aromatic N) is 2. The molecule has 0 spiro atoms. The normalized spacial score (nSPS) is 10.2. The first-order chi connectivity index (χ1) is 9.08. The third-order valence-corrected chi connectivity index (χ3v) is 3.05. The molecule has 0 saturated carbocycles. The van der Waals surface area contributed by atoms with E-state index in [1.54, 1.807) is 24.5 Å². The van der Waals surface area contributed by atoms with Gasteiger partial charge in [-0.1, -0.05) is 12.2 Å². The summed E-state index contributed by atoms with van der Waals surface area (Å²) < 4.78 is 13.8. The topological polar surface area (TPSA) is 42.2 Å². The molecule has 0 unspecified atom stereocenters. The Bertz CT molecular complexity index is 586. The van der Waals surface area contributed by atoms with Crippen LogP contribution in [0.3, 0.4) is 0 Å². The van der Waals surface area contributed by atoms with Crippen LogP contribution in [0.2, 0.25) is 0 Å². The smallest absolute Gasteiger partial charge is 0.135 e. The summed E-state index contributed by atoms with van der Waals surface area (Å²) in [5.41, 5.74) is 7.59. The van der Waals surface area contributed by atoms with Gasteiger partial charge in [0.2, 0.25) is 0 Å². The van der Waals surface area contributed by atoms with E-state index in [-0.39, 0.29) is 10.6 Å². The molecule has 0 amide bonds. The molecule has 2 aromatic rings. The van der Waals surface area contributed by atoms with E-state index >= 15 is 0 Å². The molecule has 0 fully saturated rings. The van der Waals surface area contributed by atoms with Crippen LogP contribution in [-0.4, -0.2) is 17.0 Å². The van der Waals surface area contributed by atoms with Gasteiger partial charge in [0.05, 0.1) is 0 Å². The lowest BCUT2D eigenvalue weighted by atomic mass is 10.1. The molecule has 5 heteroatoms. The quantitative estimate of drug-likeness (QED) is 0.871. The van der Waals surface area contributed by atoms with Crippen molar-refractivity contribution in [3.8, 4) is 0 Å². The van der Waals surface area contributed by atoms with Crippen LogP contribution in [-0.2, 0) is 6.54 Å². The molecule has 0 aliphatic carbocycles. The second kappa shape index (κ2) is 5.75. The summed E-state index contributed by atoms with van der Waals surface area (Å²) in [6, 6.07) is 8.71. The third-order valence-electron chi connectivity index (χ3n) is 2.83. The van der Waals surface area contributed by atoms with Gasteiger partial charge in [-0.25, -0.2) is 4.39 Å². The Morgan fingerprint density at radius 3 is 2.58 bits per heavy atom. The van der Waals surface area contributed by atoms with Crippen LogP contribution in [0.1, 0.15) is 11.1 Å². The van der Waals surface area contributed by atoms with Gasteiger partial charge in [0.15, 0.2) is 0 Å². The molecule has 0 radical (unpaired) electrons. The van der Waals surface area contributed by atoms with Crippen LogP contribution in [0, 0.1) is 5.82 Å². The van der Waals surface area contributed by atoms with Gasteiger partial charge in [0.1, 0.15) is 10.8 Å². The lowest BCUT2D eigenvalue weighted by Crippen LogP contribution is -2.18. The first kappa shape index (κ1) is 13.4. The molecule has 3 nitrogen and oxygen atoms in total. The molecule has 1 aromatic heterocycles. The van der Waals surface area contributed by atoms with Crippen molar-refractivity contribution in [1.82, 2.24) is 4.98 Å². The zero-order chi connectivity index (χ0) is 13.8. The first-order valence-electron chi connectivity index (χ1n) is 5.77. The average Bonchev–Trinajstić information content (AvgIpc) is 2.39. The predicted molar refractivity (Wildman–Crippen MR) is 78.6 cm³/mol. The Morgan fingerprint density at radius 2 is 2.00 bits per heavy atom. The highest BCUT2D eigenvalue weighted by atomic mass is 32.1. The second-order valence-electron chi connectivity index (χ2n) is 4.24. The zero-order valence-corrected chi connectivity index (χ0v) is 11.3. The lowest BCUT2D eigenvalue weighted by molar-refractivity contribution is 0.625. The number of pyridine rings is 1. The molecule has 0 atom stereocenters. The molecular formula is C14H14FN3S. The fourth-order valence-electron chi connectivity index (χ4n) is 1.79. The highest BCUT2D eigenvalue weighted by molar-refractivity contribution is 7.80. The van der Waals surface area contributed by atoms with E-state index in [2.05, 4.69) is 4.98 Å². The highest BCUT2D eigenvalue weighted by Crippen LogP contribution is 2.19. The molecule has 1 heterocycles. The Labute approximate surface area is 116 Å². The maximum absolute atomic E-state index is 13.8. The Hall–Kier alpha value is -2.01. The number of hydrogen-bond acceptors (Lipinski definition) is 3. The Morgan fingerprint density at radius 1 is 1.32 bits per heavy atom. The molecule has 1 aromatic carbocycles. The maximum atomic E-state index is 13.8. The van der Waals surface area contributed by atoms with Gasteiger partial charge in [0, 0.05) is 37.2 Å². The van der Waals surface area contributed by atoms with Crippen molar-refractivity contribution in [1.29, 1.82) is 0 Å². The molecular weight excluding hydrogens is 261 g/mol. The molecule has 19 heavy (non-hydrogen) atoms. The van der Waals surface area contributed by atoms with Crippen molar-refractivity contribution >= 4 is 22.9 Å². The SMILES string of the molecule is CN(Cc1ccncc1)c1ccc(C(N)=S)c(F)c1. The number of nitrogens with two attached hydrogens (primary N) is 1. The van der Waals surface area contributed by atoms with E-state index in [9.17, 15) is 4.39 Å². The van der Waals surface area contributed by atoms with E-state index in [1.165, 1.54) is 6.07 Å². The van der Waals surface area contributed by atoms with Crippen molar-refractivity contribution in [2.45, 2.75) is 6.54 Å². The van der Waals surface area contributed by atoms with Crippen LogP contribution < -0.4 is 10.6 Å². The summed E-state index contributed by atoms with van der Waals surface area (Å²) in [5.74, 6) is -0.397. The van der Waals surface area contributed by atoms with Crippen LogP contribution >= 0.6 is 12.2 Å². The fraction of sp³-hybridized carbons (Fsp3) is 0.143. The molecule has 98 valence electrons. The summed E-state index contributed by atoms with van der Waals surface area (Å²) in [5, 5.41) is 0. The fourth-order valence-corrected chi connectivity index (χ4v) is 1.96. The van der Waals surface area contributed by atoms with Crippen LogP contribution in [0.25, 0.3) is 0 Å². The lowest BCUT2D eigenvalue weighted by Gasteiger charge is -2.20. The van der Waals surface area contributed by atoms with Gasteiger partial charge >= 0.3 is 0 Å². The largest absolute Gasteiger partial charge is 0.389 e. The van der Waals surface area contributed by atoms with E-state index in [0.29, 0.717) is 6.54 Å². The number of aromatic nitrogens is 1. The number of anilines is 1.